The van der Waals surface area contributed by atoms with Crippen LogP contribution in [0.1, 0.15) is 53.9 Å². The first-order valence-electron chi connectivity index (χ1n) is 10.3. The molecule has 0 aliphatic rings. The predicted molar refractivity (Wildman–Crippen MR) is 122 cm³/mol. The van der Waals surface area contributed by atoms with Crippen molar-refractivity contribution in [3.8, 4) is 5.75 Å². The summed E-state index contributed by atoms with van der Waals surface area (Å²) in [6.45, 7) is 6.31. The molecular weight excluding hydrogens is 390 g/mol. The van der Waals surface area contributed by atoms with E-state index in [2.05, 4.69) is 13.8 Å². The van der Waals surface area contributed by atoms with Crippen LogP contribution >= 0.6 is 0 Å². The molecule has 1 heterocycles. The number of benzene rings is 2. The molecule has 5 nitrogen and oxygen atoms in total. The van der Waals surface area contributed by atoms with Gasteiger partial charge in [-0.15, -0.1) is 0 Å². The fourth-order valence-corrected chi connectivity index (χ4v) is 3.16. The number of ether oxygens (including phenoxy) is 1. The van der Waals surface area contributed by atoms with Gasteiger partial charge in [-0.2, -0.15) is 0 Å². The van der Waals surface area contributed by atoms with Crippen LogP contribution in [-0.4, -0.2) is 27.5 Å². The highest BCUT2D eigenvalue weighted by molar-refractivity contribution is 6.08. The molecule has 1 N–H and O–H groups in total. The van der Waals surface area contributed by atoms with Gasteiger partial charge in [0.1, 0.15) is 5.75 Å². The van der Waals surface area contributed by atoms with Gasteiger partial charge in [0, 0.05) is 18.3 Å². The fourth-order valence-electron chi connectivity index (χ4n) is 3.16. The molecule has 3 rings (SSSR count). The third kappa shape index (κ3) is 5.72. The number of aromatic nitrogens is 1. The van der Waals surface area contributed by atoms with Gasteiger partial charge < -0.3 is 14.4 Å². The first-order chi connectivity index (χ1) is 14.8. The third-order valence-corrected chi connectivity index (χ3v) is 5.05. The molecule has 0 fully saturated rings. The van der Waals surface area contributed by atoms with Crippen molar-refractivity contribution in [3.05, 3.63) is 95.3 Å². The third-order valence-electron chi connectivity index (χ3n) is 5.05. The number of allylic oxidation sites excluding steroid dienone is 1. The maximum Gasteiger partial charge on any atom is 0.344 e. The van der Waals surface area contributed by atoms with E-state index in [1.54, 1.807) is 12.1 Å². The molecular formula is C26H27NO4. The van der Waals surface area contributed by atoms with Crippen LogP contribution < -0.4 is 4.74 Å². The summed E-state index contributed by atoms with van der Waals surface area (Å²) in [6, 6.07) is 18.7. The van der Waals surface area contributed by atoms with Gasteiger partial charge in [-0.05, 0) is 48.2 Å². The lowest BCUT2D eigenvalue weighted by atomic mass is 10.00. The Morgan fingerprint density at radius 3 is 2.29 bits per heavy atom. The van der Waals surface area contributed by atoms with E-state index in [1.165, 1.54) is 12.5 Å². The summed E-state index contributed by atoms with van der Waals surface area (Å²) in [7, 11) is 0. The topological polar surface area (TPSA) is 68.5 Å². The zero-order valence-corrected chi connectivity index (χ0v) is 18.0. The average molecular weight is 418 g/mol. The van der Waals surface area contributed by atoms with Gasteiger partial charge >= 0.3 is 5.97 Å². The molecule has 0 saturated carbocycles. The second kappa shape index (κ2) is 9.94. The lowest BCUT2D eigenvalue weighted by molar-refractivity contribution is -0.144. The highest BCUT2D eigenvalue weighted by atomic mass is 16.5. The first kappa shape index (κ1) is 22.1. The van der Waals surface area contributed by atoms with Crippen LogP contribution in [0.2, 0.25) is 0 Å². The fraction of sp³-hybridized carbons (Fsp3) is 0.231. The Labute approximate surface area is 182 Å². The lowest BCUT2D eigenvalue weighted by Crippen LogP contribution is -2.22. The number of nitrogens with zero attached hydrogens (tertiary/aromatic N) is 1. The van der Waals surface area contributed by atoms with Crippen molar-refractivity contribution >= 4 is 17.8 Å². The predicted octanol–water partition coefficient (Wildman–Crippen LogP) is 5.41. The molecule has 1 aromatic heterocycles. The van der Waals surface area contributed by atoms with Crippen LogP contribution in [0.25, 0.3) is 6.08 Å². The molecule has 0 aliphatic heterocycles. The van der Waals surface area contributed by atoms with E-state index in [0.29, 0.717) is 29.5 Å². The number of rotatable bonds is 9. The average Bonchev–Trinajstić information content (AvgIpc) is 3.23. The highest BCUT2D eigenvalue weighted by Gasteiger charge is 2.13. The molecule has 160 valence electrons. The Bertz CT molecular complexity index is 1060. The number of aliphatic carboxylic acids is 1. The number of carboxylic acids is 1. The molecule has 1 atom stereocenters. The Hall–Kier alpha value is -3.60. The van der Waals surface area contributed by atoms with Crippen molar-refractivity contribution in [2.75, 3.05) is 0 Å². The molecule has 0 amide bonds. The summed E-state index contributed by atoms with van der Waals surface area (Å²) in [5, 5.41) is 8.91. The summed E-state index contributed by atoms with van der Waals surface area (Å²) in [5.74, 6) is -0.0622. The molecule has 2 aromatic carbocycles. The van der Waals surface area contributed by atoms with Gasteiger partial charge in [0.15, 0.2) is 6.10 Å². The molecule has 5 heteroatoms. The summed E-state index contributed by atoms with van der Waals surface area (Å²) >= 11 is 0. The summed E-state index contributed by atoms with van der Waals surface area (Å²) < 4.78 is 7.25. The molecule has 0 aliphatic carbocycles. The zero-order valence-electron chi connectivity index (χ0n) is 18.0. The maximum absolute atomic E-state index is 12.9. The van der Waals surface area contributed by atoms with E-state index in [9.17, 15) is 9.59 Å². The van der Waals surface area contributed by atoms with Crippen molar-refractivity contribution in [2.24, 2.45) is 0 Å². The largest absolute Gasteiger partial charge is 0.479 e. The number of carboxylic acid groups (broad SMARTS) is 1. The van der Waals surface area contributed by atoms with E-state index in [0.717, 1.165) is 5.56 Å². The van der Waals surface area contributed by atoms with Crippen LogP contribution in [0, 0.1) is 0 Å². The summed E-state index contributed by atoms with van der Waals surface area (Å²) in [5.41, 5.74) is 3.50. The van der Waals surface area contributed by atoms with Gasteiger partial charge in [0.05, 0.1) is 5.69 Å². The summed E-state index contributed by atoms with van der Waals surface area (Å²) in [6.07, 6.45) is 4.93. The molecule has 0 radical (unpaired) electrons. The number of ketones is 1. The van der Waals surface area contributed by atoms with E-state index in [1.807, 2.05) is 71.4 Å². The Morgan fingerprint density at radius 1 is 1.00 bits per heavy atom. The van der Waals surface area contributed by atoms with Crippen molar-refractivity contribution in [1.82, 2.24) is 4.57 Å². The first-order valence-corrected chi connectivity index (χ1v) is 10.3. The van der Waals surface area contributed by atoms with E-state index in [-0.39, 0.29) is 5.78 Å². The monoisotopic (exact) mass is 417 g/mol. The van der Waals surface area contributed by atoms with E-state index in [4.69, 9.17) is 9.84 Å². The van der Waals surface area contributed by atoms with E-state index < -0.39 is 12.1 Å². The van der Waals surface area contributed by atoms with Gasteiger partial charge in [0.2, 0.25) is 5.78 Å². The van der Waals surface area contributed by atoms with Crippen molar-refractivity contribution in [2.45, 2.75) is 39.3 Å². The van der Waals surface area contributed by atoms with Gasteiger partial charge in [0.25, 0.3) is 0 Å². The second-order valence-electron chi connectivity index (χ2n) is 7.72. The number of carbonyl (C=O) groups excluding carboxylic acids is 1. The van der Waals surface area contributed by atoms with Gasteiger partial charge in [-0.25, -0.2) is 4.79 Å². The minimum absolute atomic E-state index is 0.00255. The minimum Gasteiger partial charge on any atom is -0.479 e. The highest BCUT2D eigenvalue weighted by Crippen LogP contribution is 2.18. The van der Waals surface area contributed by atoms with Crippen LogP contribution in [0.4, 0.5) is 0 Å². The normalized spacial score (nSPS) is 12.3. The van der Waals surface area contributed by atoms with Crippen molar-refractivity contribution in [1.29, 1.82) is 0 Å². The Balaban J connectivity index is 1.64. The Kier molecular flexibility index (Phi) is 7.08. The molecule has 1 unspecified atom stereocenters. The summed E-state index contributed by atoms with van der Waals surface area (Å²) in [4.78, 5) is 23.8. The maximum atomic E-state index is 12.9. The minimum atomic E-state index is -1.00. The van der Waals surface area contributed by atoms with Crippen LogP contribution in [0.3, 0.4) is 0 Å². The number of hydrogen-bond donors (Lipinski definition) is 1. The smallest absolute Gasteiger partial charge is 0.344 e. The SMILES string of the molecule is CC(Oc1ccc(C=CCn2cccc2C(=O)c2ccc(C(C)C)cc2)cc1)C(=O)O. The van der Waals surface area contributed by atoms with Crippen LogP contribution in [-0.2, 0) is 11.3 Å². The Morgan fingerprint density at radius 2 is 1.68 bits per heavy atom. The number of carbonyl (C=O) groups is 2. The van der Waals surface area contributed by atoms with E-state index >= 15 is 0 Å². The zero-order chi connectivity index (χ0) is 22.4. The second-order valence-corrected chi connectivity index (χ2v) is 7.72. The molecule has 0 bridgehead atoms. The molecule has 3 aromatic rings. The van der Waals surface area contributed by atoms with Crippen molar-refractivity contribution < 1.29 is 19.4 Å². The quantitative estimate of drug-likeness (QED) is 0.473. The molecule has 0 spiro atoms. The van der Waals surface area contributed by atoms with Gasteiger partial charge in [-0.1, -0.05) is 62.4 Å². The standard InChI is InChI=1S/C26H27NO4/c1-18(2)21-10-12-22(13-11-21)25(28)24-7-5-17-27(24)16-4-6-20-8-14-23(15-9-20)31-19(3)26(29)30/h4-15,17-19H,16H2,1-3H3,(H,29,30). The molecule has 0 saturated heterocycles. The molecule has 31 heavy (non-hydrogen) atoms. The van der Waals surface area contributed by atoms with Crippen LogP contribution in [0.15, 0.2) is 72.9 Å². The number of hydrogen-bond acceptors (Lipinski definition) is 3. The lowest BCUT2D eigenvalue weighted by Gasteiger charge is -2.10. The van der Waals surface area contributed by atoms with Crippen LogP contribution in [0.5, 0.6) is 5.75 Å². The van der Waals surface area contributed by atoms with Gasteiger partial charge in [-0.3, -0.25) is 4.79 Å². The van der Waals surface area contributed by atoms with Crippen molar-refractivity contribution in [3.63, 3.8) is 0 Å².